The van der Waals surface area contributed by atoms with Crippen molar-refractivity contribution < 1.29 is 0 Å². The second kappa shape index (κ2) is 6.15. The molecule has 2 fully saturated rings. The molecule has 25 heavy (non-hydrogen) atoms. The Bertz CT molecular complexity index is 678. The van der Waals surface area contributed by atoms with E-state index in [1.54, 1.807) is 5.57 Å². The van der Waals surface area contributed by atoms with Crippen molar-refractivity contribution in [2.45, 2.75) is 59.3 Å². The molecule has 0 saturated heterocycles. The van der Waals surface area contributed by atoms with Crippen molar-refractivity contribution in [3.63, 3.8) is 0 Å². The highest BCUT2D eigenvalue weighted by Gasteiger charge is 2.64. The van der Waals surface area contributed by atoms with E-state index in [0.29, 0.717) is 11.3 Å². The van der Waals surface area contributed by atoms with Gasteiger partial charge in [0, 0.05) is 0 Å². The molecule has 2 saturated carbocycles. The van der Waals surface area contributed by atoms with E-state index >= 15 is 0 Å². The average Bonchev–Trinajstić information content (AvgIpc) is 3.01. The summed E-state index contributed by atoms with van der Waals surface area (Å²) in [6.07, 6.45) is 10.3. The number of hydrogen-bond donors (Lipinski definition) is 0. The van der Waals surface area contributed by atoms with Crippen LogP contribution in [0, 0.1) is 41.9 Å². The maximum atomic E-state index is 4.52. The maximum absolute atomic E-state index is 4.52. The van der Waals surface area contributed by atoms with Gasteiger partial charge in [-0.05, 0) is 72.7 Å². The molecule has 1 spiro atoms. The van der Waals surface area contributed by atoms with Crippen LogP contribution in [-0.4, -0.2) is 0 Å². The van der Waals surface area contributed by atoms with Crippen LogP contribution < -0.4 is 0 Å². The van der Waals surface area contributed by atoms with Crippen LogP contribution in [-0.2, 0) is 0 Å². The topological polar surface area (TPSA) is 0 Å². The smallest absolute Gasteiger partial charge is 0.00157 e. The minimum Gasteiger partial charge on any atom is -0.0996 e. The van der Waals surface area contributed by atoms with Gasteiger partial charge in [0.1, 0.15) is 0 Å². The summed E-state index contributed by atoms with van der Waals surface area (Å²) in [5, 5.41) is 0. The molecule has 0 radical (unpaired) electrons. The van der Waals surface area contributed by atoms with Gasteiger partial charge in [0.05, 0.1) is 0 Å². The molecule has 0 heterocycles. The number of benzene rings is 1. The Hall–Kier alpha value is -1.30. The molecule has 0 bridgehead atoms. The Kier molecular flexibility index (Phi) is 4.21. The third kappa shape index (κ3) is 2.47. The van der Waals surface area contributed by atoms with Crippen molar-refractivity contribution in [3.8, 4) is 0 Å². The van der Waals surface area contributed by atoms with Gasteiger partial charge in [-0.25, -0.2) is 0 Å². The molecular formula is C25H34. The van der Waals surface area contributed by atoms with Crippen LogP contribution in [0.2, 0.25) is 0 Å². The molecule has 3 aliphatic rings. The zero-order valence-electron chi connectivity index (χ0n) is 16.5. The van der Waals surface area contributed by atoms with E-state index in [0.717, 1.165) is 29.6 Å². The van der Waals surface area contributed by atoms with Gasteiger partial charge in [0.15, 0.2) is 0 Å². The van der Waals surface area contributed by atoms with E-state index in [1.807, 2.05) is 0 Å². The fourth-order valence-electron chi connectivity index (χ4n) is 6.68. The van der Waals surface area contributed by atoms with Gasteiger partial charge in [0.25, 0.3) is 0 Å². The molecular weight excluding hydrogens is 300 g/mol. The molecule has 0 aliphatic heterocycles. The Morgan fingerprint density at radius 1 is 1.28 bits per heavy atom. The summed E-state index contributed by atoms with van der Waals surface area (Å²) in [4.78, 5) is 0. The van der Waals surface area contributed by atoms with Crippen LogP contribution >= 0.6 is 0 Å². The minimum absolute atomic E-state index is 0.504. The predicted molar refractivity (Wildman–Crippen MR) is 108 cm³/mol. The summed E-state index contributed by atoms with van der Waals surface area (Å²) in [7, 11) is 0. The average molecular weight is 335 g/mol. The Morgan fingerprint density at radius 3 is 2.60 bits per heavy atom. The largest absolute Gasteiger partial charge is 0.0996 e. The van der Waals surface area contributed by atoms with Crippen molar-refractivity contribution >= 4 is 0 Å². The molecule has 0 N–H and O–H groups in total. The lowest BCUT2D eigenvalue weighted by atomic mass is 9.64. The minimum atomic E-state index is 0.504. The van der Waals surface area contributed by atoms with Gasteiger partial charge in [0.2, 0.25) is 0 Å². The Balaban J connectivity index is 1.61. The highest BCUT2D eigenvalue weighted by Crippen LogP contribution is 2.71. The zero-order valence-corrected chi connectivity index (χ0v) is 16.5. The summed E-state index contributed by atoms with van der Waals surface area (Å²) in [6.45, 7) is 14.0. The van der Waals surface area contributed by atoms with Crippen LogP contribution in [0.15, 0.2) is 48.6 Å². The van der Waals surface area contributed by atoms with E-state index in [4.69, 9.17) is 0 Å². The highest BCUT2D eigenvalue weighted by molar-refractivity contribution is 5.34. The van der Waals surface area contributed by atoms with Crippen molar-refractivity contribution in [3.05, 3.63) is 59.7 Å². The Morgan fingerprint density at radius 2 is 2.00 bits per heavy atom. The van der Waals surface area contributed by atoms with Crippen LogP contribution in [0.5, 0.6) is 0 Å². The van der Waals surface area contributed by atoms with Crippen LogP contribution in [0.3, 0.4) is 0 Å². The van der Waals surface area contributed by atoms with Crippen LogP contribution in [0.25, 0.3) is 0 Å². The van der Waals surface area contributed by atoms with Gasteiger partial charge in [-0.15, -0.1) is 0 Å². The molecule has 3 aliphatic carbocycles. The number of rotatable bonds is 5. The highest BCUT2D eigenvalue weighted by atomic mass is 14.7. The van der Waals surface area contributed by atoms with E-state index in [9.17, 15) is 0 Å². The number of aryl methyl sites for hydroxylation is 1. The molecule has 0 amide bonds. The first-order chi connectivity index (χ1) is 12.0. The predicted octanol–water partition coefficient (Wildman–Crippen LogP) is 6.92. The van der Waals surface area contributed by atoms with E-state index in [2.05, 4.69) is 70.7 Å². The molecule has 0 heteroatoms. The van der Waals surface area contributed by atoms with Gasteiger partial charge < -0.3 is 0 Å². The standard InChI is InChI=1S/C25H34/c1-6-7-17(3)22-14-21-12-13-25(21)15-23(19(5)24(22)25)18(4)20-10-8-16(2)9-11-20/h8-13,18-19,21-24H,3,6-7,14-15H2,1-2,4-5H3. The first-order valence-corrected chi connectivity index (χ1v) is 10.4. The summed E-state index contributed by atoms with van der Waals surface area (Å²) in [6, 6.07) is 9.28. The van der Waals surface area contributed by atoms with E-state index in [-0.39, 0.29) is 0 Å². The molecule has 0 nitrogen and oxygen atoms in total. The van der Waals surface area contributed by atoms with Crippen molar-refractivity contribution in [1.82, 2.24) is 0 Å². The number of allylic oxidation sites excluding steroid dienone is 3. The normalized spacial score (nSPS) is 39.6. The fraction of sp³-hybridized carbons (Fsp3) is 0.600. The first kappa shape index (κ1) is 17.1. The third-order valence-corrected chi connectivity index (χ3v) is 8.06. The first-order valence-electron chi connectivity index (χ1n) is 10.4. The molecule has 7 unspecified atom stereocenters. The van der Waals surface area contributed by atoms with Crippen molar-refractivity contribution in [2.24, 2.45) is 35.0 Å². The van der Waals surface area contributed by atoms with Gasteiger partial charge in [-0.2, -0.15) is 0 Å². The monoisotopic (exact) mass is 334 g/mol. The molecule has 1 aromatic rings. The lowest BCUT2D eigenvalue weighted by Gasteiger charge is -2.40. The lowest BCUT2D eigenvalue weighted by Crippen LogP contribution is -2.33. The summed E-state index contributed by atoms with van der Waals surface area (Å²) >= 11 is 0. The maximum Gasteiger partial charge on any atom is -0.00157 e. The number of hydrogen-bond acceptors (Lipinski definition) is 0. The fourth-order valence-corrected chi connectivity index (χ4v) is 6.68. The van der Waals surface area contributed by atoms with Crippen LogP contribution in [0.4, 0.5) is 0 Å². The second-order valence-electron chi connectivity index (χ2n) is 9.28. The Labute approximate surface area is 154 Å². The van der Waals surface area contributed by atoms with E-state index < -0.39 is 0 Å². The third-order valence-electron chi connectivity index (χ3n) is 8.06. The van der Waals surface area contributed by atoms with Gasteiger partial charge >= 0.3 is 0 Å². The zero-order chi connectivity index (χ0) is 17.8. The van der Waals surface area contributed by atoms with Crippen molar-refractivity contribution in [1.29, 1.82) is 0 Å². The molecule has 134 valence electrons. The van der Waals surface area contributed by atoms with Gasteiger partial charge in [-0.1, -0.05) is 81.3 Å². The SMILES string of the molecule is C=C(CCC)C1CC2C=CC23CC(C(C)c2ccc(C)cc2)C(C)C13. The second-order valence-corrected chi connectivity index (χ2v) is 9.28. The molecule has 0 aromatic heterocycles. The molecule has 1 aromatic carbocycles. The molecule has 4 rings (SSSR count). The summed E-state index contributed by atoms with van der Waals surface area (Å²) in [5.74, 6) is 4.67. The summed E-state index contributed by atoms with van der Waals surface area (Å²) < 4.78 is 0. The van der Waals surface area contributed by atoms with Crippen molar-refractivity contribution in [2.75, 3.05) is 0 Å². The molecule has 7 atom stereocenters. The quantitative estimate of drug-likeness (QED) is 0.513. The van der Waals surface area contributed by atoms with Gasteiger partial charge in [-0.3, -0.25) is 0 Å². The summed E-state index contributed by atoms with van der Waals surface area (Å²) in [5.41, 5.74) is 4.94. The van der Waals surface area contributed by atoms with E-state index in [1.165, 1.54) is 36.8 Å². The lowest BCUT2D eigenvalue weighted by molar-refractivity contribution is 0.200. The van der Waals surface area contributed by atoms with Crippen LogP contribution in [0.1, 0.15) is 63.5 Å².